The van der Waals surface area contributed by atoms with Crippen LogP contribution >= 0.6 is 0 Å². The molecule has 0 fully saturated rings. The highest BCUT2D eigenvalue weighted by molar-refractivity contribution is 7.89. The number of aryl methyl sites for hydroxylation is 2. The quantitative estimate of drug-likeness (QED) is 0.830. The number of nitrogens with one attached hydrogen (secondary N) is 1. The van der Waals surface area contributed by atoms with Crippen LogP contribution in [0.5, 0.6) is 0 Å². The first kappa shape index (κ1) is 20.5. The van der Waals surface area contributed by atoms with Crippen molar-refractivity contribution in [3.63, 3.8) is 0 Å². The summed E-state index contributed by atoms with van der Waals surface area (Å²) in [5.74, 6) is -0.0347. The number of carbonyl (C=O) groups excluding carboxylic acids is 1. The smallest absolute Gasteiger partial charge is 0.241 e. The molecule has 0 saturated heterocycles. The standard InChI is InChI=1S/C20H28N4O3S/c1-7-23-15(5)20(13(3)21-23)14(4)22-28(26,27)18-8-9-19-17(11-18)10-12(2)24(19)16(6)25/h8-9,11-12,14,22H,7,10H2,1-6H3/t12-,14-/m1/s1. The van der Waals surface area contributed by atoms with Gasteiger partial charge in [-0.2, -0.15) is 5.10 Å². The third kappa shape index (κ3) is 3.46. The molecule has 1 amide bonds. The van der Waals surface area contributed by atoms with Crippen molar-refractivity contribution in [3.8, 4) is 0 Å². The molecular weight excluding hydrogens is 376 g/mol. The normalized spacial score (nSPS) is 17.6. The molecule has 7 nitrogen and oxygen atoms in total. The average molecular weight is 405 g/mol. The van der Waals surface area contributed by atoms with E-state index in [4.69, 9.17) is 0 Å². The number of sulfonamides is 1. The maximum atomic E-state index is 13.0. The van der Waals surface area contributed by atoms with E-state index in [1.54, 1.807) is 23.1 Å². The van der Waals surface area contributed by atoms with Gasteiger partial charge in [0.1, 0.15) is 0 Å². The first-order valence-corrected chi connectivity index (χ1v) is 11.0. The number of amides is 1. The van der Waals surface area contributed by atoms with Gasteiger partial charge in [-0.05, 0) is 64.8 Å². The highest BCUT2D eigenvalue weighted by Crippen LogP contribution is 2.34. The maximum Gasteiger partial charge on any atom is 0.241 e. The zero-order valence-electron chi connectivity index (χ0n) is 17.3. The summed E-state index contributed by atoms with van der Waals surface area (Å²) in [4.78, 5) is 13.8. The molecule has 0 bridgehead atoms. The Morgan fingerprint density at radius 1 is 1.36 bits per heavy atom. The van der Waals surface area contributed by atoms with Crippen LogP contribution in [0.15, 0.2) is 23.1 Å². The van der Waals surface area contributed by atoms with Gasteiger partial charge in [-0.25, -0.2) is 13.1 Å². The molecule has 2 atom stereocenters. The van der Waals surface area contributed by atoms with Gasteiger partial charge < -0.3 is 4.90 Å². The van der Waals surface area contributed by atoms with E-state index in [1.165, 1.54) is 6.92 Å². The minimum atomic E-state index is -3.71. The highest BCUT2D eigenvalue weighted by atomic mass is 32.2. The zero-order valence-corrected chi connectivity index (χ0v) is 18.1. The molecule has 1 aliphatic heterocycles. The Morgan fingerprint density at radius 3 is 2.61 bits per heavy atom. The Bertz CT molecular complexity index is 1030. The average Bonchev–Trinajstić information content (AvgIpc) is 3.08. The molecule has 3 rings (SSSR count). The van der Waals surface area contributed by atoms with Crippen LogP contribution in [0, 0.1) is 13.8 Å². The van der Waals surface area contributed by atoms with Crippen molar-refractivity contribution in [1.82, 2.24) is 14.5 Å². The molecule has 1 aliphatic rings. The molecule has 2 aromatic rings. The van der Waals surface area contributed by atoms with E-state index >= 15 is 0 Å². The summed E-state index contributed by atoms with van der Waals surface area (Å²) < 4.78 is 30.6. The van der Waals surface area contributed by atoms with Crippen LogP contribution in [-0.4, -0.2) is 30.1 Å². The second kappa shape index (κ2) is 7.33. The van der Waals surface area contributed by atoms with E-state index in [1.807, 2.05) is 39.3 Å². The molecule has 1 N–H and O–H groups in total. The topological polar surface area (TPSA) is 84.3 Å². The molecular formula is C20H28N4O3S. The monoisotopic (exact) mass is 404 g/mol. The van der Waals surface area contributed by atoms with Crippen molar-refractivity contribution in [3.05, 3.63) is 40.7 Å². The molecule has 28 heavy (non-hydrogen) atoms. The van der Waals surface area contributed by atoms with Gasteiger partial charge in [-0.1, -0.05) is 0 Å². The minimum Gasteiger partial charge on any atom is -0.309 e. The molecule has 0 saturated carbocycles. The summed E-state index contributed by atoms with van der Waals surface area (Å²) in [6.45, 7) is 11.9. The Morgan fingerprint density at radius 2 is 2.04 bits per heavy atom. The molecule has 1 aromatic heterocycles. The molecule has 0 aliphatic carbocycles. The second-order valence-electron chi connectivity index (χ2n) is 7.48. The summed E-state index contributed by atoms with van der Waals surface area (Å²) in [5, 5.41) is 4.48. The van der Waals surface area contributed by atoms with E-state index in [2.05, 4.69) is 9.82 Å². The number of aromatic nitrogens is 2. The third-order valence-electron chi connectivity index (χ3n) is 5.42. The Balaban J connectivity index is 1.90. The van der Waals surface area contributed by atoms with Crippen molar-refractivity contribution in [2.45, 2.75) is 71.5 Å². The Labute approximate surface area is 166 Å². The summed E-state index contributed by atoms with van der Waals surface area (Å²) >= 11 is 0. The lowest BCUT2D eigenvalue weighted by Gasteiger charge is -2.20. The molecule has 8 heteroatoms. The number of benzene rings is 1. The fraction of sp³-hybridized carbons (Fsp3) is 0.500. The molecule has 0 radical (unpaired) electrons. The van der Waals surface area contributed by atoms with E-state index in [0.29, 0.717) is 6.42 Å². The van der Waals surface area contributed by atoms with Gasteiger partial charge in [-0.3, -0.25) is 9.48 Å². The number of carbonyl (C=O) groups is 1. The van der Waals surface area contributed by atoms with Crippen LogP contribution in [0.2, 0.25) is 0 Å². The number of hydrogen-bond donors (Lipinski definition) is 1. The molecule has 1 aromatic carbocycles. The maximum absolute atomic E-state index is 13.0. The van der Waals surface area contributed by atoms with E-state index in [9.17, 15) is 13.2 Å². The van der Waals surface area contributed by atoms with E-state index < -0.39 is 16.1 Å². The van der Waals surface area contributed by atoms with Crippen LogP contribution in [-0.2, 0) is 27.8 Å². The summed E-state index contributed by atoms with van der Waals surface area (Å²) in [6, 6.07) is 4.61. The van der Waals surface area contributed by atoms with Crippen LogP contribution in [0.3, 0.4) is 0 Å². The Hall–Kier alpha value is -2.19. The predicted molar refractivity (Wildman–Crippen MR) is 109 cm³/mol. The van der Waals surface area contributed by atoms with Crippen LogP contribution in [0.1, 0.15) is 56.3 Å². The number of rotatable bonds is 5. The predicted octanol–water partition coefficient (Wildman–Crippen LogP) is 2.86. The van der Waals surface area contributed by atoms with Crippen LogP contribution < -0.4 is 9.62 Å². The van der Waals surface area contributed by atoms with Gasteiger partial charge in [0.15, 0.2) is 0 Å². The molecule has 152 valence electrons. The van der Waals surface area contributed by atoms with Crippen molar-refractivity contribution >= 4 is 21.6 Å². The largest absolute Gasteiger partial charge is 0.309 e. The number of anilines is 1. The lowest BCUT2D eigenvalue weighted by atomic mass is 10.1. The molecule has 0 spiro atoms. The second-order valence-corrected chi connectivity index (χ2v) is 9.19. The van der Waals surface area contributed by atoms with Crippen molar-refractivity contribution in [1.29, 1.82) is 0 Å². The Kier molecular flexibility index (Phi) is 5.38. The number of hydrogen-bond acceptors (Lipinski definition) is 4. The van der Waals surface area contributed by atoms with E-state index in [-0.39, 0.29) is 16.8 Å². The fourth-order valence-electron chi connectivity index (χ4n) is 4.26. The lowest BCUT2D eigenvalue weighted by Crippen LogP contribution is -2.33. The number of nitrogens with zero attached hydrogens (tertiary/aromatic N) is 3. The third-order valence-corrected chi connectivity index (χ3v) is 6.96. The summed E-state index contributed by atoms with van der Waals surface area (Å²) in [6.07, 6.45) is 0.648. The minimum absolute atomic E-state index is 0.0301. The summed E-state index contributed by atoms with van der Waals surface area (Å²) in [7, 11) is -3.71. The van der Waals surface area contributed by atoms with Gasteiger partial charge in [0.2, 0.25) is 15.9 Å². The van der Waals surface area contributed by atoms with Crippen molar-refractivity contribution in [2.24, 2.45) is 0 Å². The van der Waals surface area contributed by atoms with Gasteiger partial charge in [-0.15, -0.1) is 0 Å². The first-order chi connectivity index (χ1) is 13.1. The molecule has 2 heterocycles. The first-order valence-electron chi connectivity index (χ1n) is 9.55. The van der Waals surface area contributed by atoms with Crippen molar-refractivity contribution < 1.29 is 13.2 Å². The van der Waals surface area contributed by atoms with Gasteiger partial charge in [0.25, 0.3) is 0 Å². The fourth-order valence-corrected chi connectivity index (χ4v) is 5.52. The van der Waals surface area contributed by atoms with Gasteiger partial charge in [0, 0.05) is 42.5 Å². The highest BCUT2D eigenvalue weighted by Gasteiger charge is 2.31. The van der Waals surface area contributed by atoms with Gasteiger partial charge >= 0.3 is 0 Å². The van der Waals surface area contributed by atoms with Crippen LogP contribution in [0.25, 0.3) is 0 Å². The lowest BCUT2D eigenvalue weighted by molar-refractivity contribution is -0.116. The van der Waals surface area contributed by atoms with Gasteiger partial charge in [0.05, 0.1) is 10.6 Å². The summed E-state index contributed by atoms with van der Waals surface area (Å²) in [5.41, 5.74) is 4.37. The molecule has 0 unspecified atom stereocenters. The number of fused-ring (bicyclic) bond motifs is 1. The van der Waals surface area contributed by atoms with E-state index in [0.717, 1.165) is 34.7 Å². The van der Waals surface area contributed by atoms with Crippen molar-refractivity contribution in [2.75, 3.05) is 4.90 Å². The SMILES string of the molecule is CCn1nc(C)c([C@@H](C)NS(=O)(=O)c2ccc3c(c2)C[C@@H](C)N3C(C)=O)c1C. The van der Waals surface area contributed by atoms with Crippen LogP contribution in [0.4, 0.5) is 5.69 Å². The zero-order chi connectivity index (χ0) is 20.8.